The fourth-order valence-electron chi connectivity index (χ4n) is 3.41. The quantitative estimate of drug-likeness (QED) is 0.852. The molecule has 23 heavy (non-hydrogen) atoms. The zero-order valence-corrected chi connectivity index (χ0v) is 13.9. The Kier molecular flexibility index (Phi) is 4.74. The van der Waals surface area contributed by atoms with Crippen molar-refractivity contribution in [2.75, 3.05) is 6.54 Å². The molecule has 2 unspecified atom stereocenters. The predicted molar refractivity (Wildman–Crippen MR) is 88.9 cm³/mol. The summed E-state index contributed by atoms with van der Waals surface area (Å²) in [5.41, 5.74) is 2.36. The highest BCUT2D eigenvalue weighted by Gasteiger charge is 2.32. The molecular weight excluding hydrogens is 288 g/mol. The fraction of sp³-hybridized carbons (Fsp3) is 0.500. The lowest BCUT2D eigenvalue weighted by Gasteiger charge is -2.36. The van der Waals surface area contributed by atoms with E-state index in [1.165, 1.54) is 5.56 Å². The summed E-state index contributed by atoms with van der Waals surface area (Å²) >= 11 is 0. The van der Waals surface area contributed by atoms with Gasteiger partial charge < -0.3 is 4.90 Å². The predicted octanol–water partition coefficient (Wildman–Crippen LogP) is 3.16. The number of pyridine rings is 1. The van der Waals surface area contributed by atoms with Gasteiger partial charge in [0.25, 0.3) is 0 Å². The first kappa shape index (κ1) is 15.7. The first-order valence-electron chi connectivity index (χ1n) is 8.45. The smallest absolute Gasteiger partial charge is 0.247 e. The molecule has 122 valence electrons. The van der Waals surface area contributed by atoms with Gasteiger partial charge in [-0.15, -0.1) is 0 Å². The Morgan fingerprint density at radius 3 is 3.04 bits per heavy atom. The maximum atomic E-state index is 13.1. The van der Waals surface area contributed by atoms with Crippen LogP contribution in [0.5, 0.6) is 0 Å². The van der Waals surface area contributed by atoms with Gasteiger partial charge in [0.1, 0.15) is 6.04 Å². The SMILES string of the molecule is CCCN(C(=O)C(C)n1cccn1)C1CCCc2cccnc21. The third kappa shape index (κ3) is 3.14. The number of aromatic nitrogens is 3. The molecule has 0 spiro atoms. The molecule has 2 aromatic rings. The van der Waals surface area contributed by atoms with Gasteiger partial charge in [-0.3, -0.25) is 14.5 Å². The number of carbonyl (C=O) groups is 1. The van der Waals surface area contributed by atoms with Gasteiger partial charge in [-0.25, -0.2) is 0 Å². The van der Waals surface area contributed by atoms with Crippen molar-refractivity contribution in [3.05, 3.63) is 48.0 Å². The molecule has 0 fully saturated rings. The summed E-state index contributed by atoms with van der Waals surface area (Å²) in [7, 11) is 0. The molecule has 0 aromatic carbocycles. The van der Waals surface area contributed by atoms with Gasteiger partial charge >= 0.3 is 0 Å². The van der Waals surface area contributed by atoms with Crippen molar-refractivity contribution in [1.29, 1.82) is 0 Å². The highest BCUT2D eigenvalue weighted by Crippen LogP contribution is 2.34. The molecule has 1 aliphatic carbocycles. The van der Waals surface area contributed by atoms with E-state index in [9.17, 15) is 4.79 Å². The minimum atomic E-state index is -0.286. The van der Waals surface area contributed by atoms with E-state index in [1.54, 1.807) is 10.9 Å². The number of carbonyl (C=O) groups excluding carboxylic acids is 1. The fourth-order valence-corrected chi connectivity index (χ4v) is 3.41. The van der Waals surface area contributed by atoms with E-state index >= 15 is 0 Å². The molecular formula is C18H24N4O. The van der Waals surface area contributed by atoms with Crippen molar-refractivity contribution in [3.8, 4) is 0 Å². The molecule has 5 heteroatoms. The van der Waals surface area contributed by atoms with Gasteiger partial charge in [0, 0.05) is 25.1 Å². The first-order valence-corrected chi connectivity index (χ1v) is 8.45. The van der Waals surface area contributed by atoms with E-state index in [4.69, 9.17) is 0 Å². The van der Waals surface area contributed by atoms with Crippen LogP contribution >= 0.6 is 0 Å². The number of hydrogen-bond donors (Lipinski definition) is 0. The van der Waals surface area contributed by atoms with E-state index in [0.29, 0.717) is 0 Å². The molecule has 0 bridgehead atoms. The molecule has 2 atom stereocenters. The molecule has 0 saturated heterocycles. The van der Waals surface area contributed by atoms with Crippen molar-refractivity contribution in [2.45, 2.75) is 51.6 Å². The number of hydrogen-bond acceptors (Lipinski definition) is 3. The average Bonchev–Trinajstić information content (AvgIpc) is 3.12. The van der Waals surface area contributed by atoms with Crippen LogP contribution in [-0.4, -0.2) is 32.1 Å². The number of amides is 1. The minimum absolute atomic E-state index is 0.0883. The molecule has 2 aromatic heterocycles. The maximum Gasteiger partial charge on any atom is 0.247 e. The standard InChI is InChI=1S/C18H24N4O/c1-3-12-21(18(23)14(2)22-13-6-11-20-22)16-9-4-7-15-8-5-10-19-17(15)16/h5-6,8,10-11,13-14,16H,3-4,7,9,12H2,1-2H3. The lowest BCUT2D eigenvalue weighted by Crippen LogP contribution is -2.41. The normalized spacial score (nSPS) is 18.3. The summed E-state index contributed by atoms with van der Waals surface area (Å²) in [4.78, 5) is 19.7. The molecule has 0 saturated carbocycles. The van der Waals surface area contributed by atoms with Crippen LogP contribution in [0.4, 0.5) is 0 Å². The van der Waals surface area contributed by atoms with E-state index in [-0.39, 0.29) is 18.0 Å². The van der Waals surface area contributed by atoms with Crippen molar-refractivity contribution < 1.29 is 4.79 Å². The Bertz CT molecular complexity index is 653. The van der Waals surface area contributed by atoms with Gasteiger partial charge in [-0.05, 0) is 50.3 Å². The van der Waals surface area contributed by atoms with E-state index in [0.717, 1.165) is 37.9 Å². The van der Waals surface area contributed by atoms with E-state index in [2.05, 4.69) is 23.1 Å². The Morgan fingerprint density at radius 2 is 2.30 bits per heavy atom. The van der Waals surface area contributed by atoms with Gasteiger partial charge in [0.2, 0.25) is 5.91 Å². The second kappa shape index (κ2) is 6.94. The Balaban J connectivity index is 1.89. The van der Waals surface area contributed by atoms with Gasteiger partial charge in [-0.2, -0.15) is 5.10 Å². The van der Waals surface area contributed by atoms with Crippen LogP contribution in [0.2, 0.25) is 0 Å². The molecule has 3 rings (SSSR count). The highest BCUT2D eigenvalue weighted by molar-refractivity contribution is 5.80. The summed E-state index contributed by atoms with van der Waals surface area (Å²) in [6.07, 6.45) is 9.49. The van der Waals surface area contributed by atoms with Crippen molar-refractivity contribution in [1.82, 2.24) is 19.7 Å². The highest BCUT2D eigenvalue weighted by atomic mass is 16.2. The lowest BCUT2D eigenvalue weighted by molar-refractivity contribution is -0.137. The Morgan fingerprint density at radius 1 is 1.43 bits per heavy atom. The number of aryl methyl sites for hydroxylation is 1. The van der Waals surface area contributed by atoms with Crippen LogP contribution in [-0.2, 0) is 11.2 Å². The Labute approximate surface area is 137 Å². The monoisotopic (exact) mass is 312 g/mol. The third-order valence-electron chi connectivity index (χ3n) is 4.57. The molecule has 0 radical (unpaired) electrons. The van der Waals surface area contributed by atoms with Crippen molar-refractivity contribution >= 4 is 5.91 Å². The number of nitrogens with zero attached hydrogens (tertiary/aromatic N) is 4. The average molecular weight is 312 g/mol. The van der Waals surface area contributed by atoms with Crippen molar-refractivity contribution in [3.63, 3.8) is 0 Å². The zero-order chi connectivity index (χ0) is 16.2. The zero-order valence-electron chi connectivity index (χ0n) is 13.9. The number of fused-ring (bicyclic) bond motifs is 1. The first-order chi connectivity index (χ1) is 11.2. The summed E-state index contributed by atoms with van der Waals surface area (Å²) < 4.78 is 1.73. The van der Waals surface area contributed by atoms with Crippen LogP contribution in [0.3, 0.4) is 0 Å². The van der Waals surface area contributed by atoms with Gasteiger partial charge in [0.05, 0.1) is 11.7 Å². The number of rotatable bonds is 5. The third-order valence-corrected chi connectivity index (χ3v) is 4.57. The van der Waals surface area contributed by atoms with Crippen LogP contribution < -0.4 is 0 Å². The second-order valence-corrected chi connectivity index (χ2v) is 6.15. The van der Waals surface area contributed by atoms with E-state index < -0.39 is 0 Å². The molecule has 0 N–H and O–H groups in total. The van der Waals surface area contributed by atoms with Crippen LogP contribution in [0.15, 0.2) is 36.8 Å². The van der Waals surface area contributed by atoms with Crippen LogP contribution in [0.1, 0.15) is 56.5 Å². The molecule has 5 nitrogen and oxygen atoms in total. The van der Waals surface area contributed by atoms with Crippen LogP contribution in [0.25, 0.3) is 0 Å². The molecule has 2 heterocycles. The van der Waals surface area contributed by atoms with E-state index in [1.807, 2.05) is 36.4 Å². The van der Waals surface area contributed by atoms with Crippen LogP contribution in [0, 0.1) is 0 Å². The summed E-state index contributed by atoms with van der Waals surface area (Å²) in [5.74, 6) is 0.124. The minimum Gasteiger partial charge on any atom is -0.332 e. The largest absolute Gasteiger partial charge is 0.332 e. The van der Waals surface area contributed by atoms with Gasteiger partial charge in [0.15, 0.2) is 0 Å². The topological polar surface area (TPSA) is 51.0 Å². The molecule has 1 aliphatic rings. The second-order valence-electron chi connectivity index (χ2n) is 6.15. The van der Waals surface area contributed by atoms with Gasteiger partial charge in [-0.1, -0.05) is 13.0 Å². The lowest BCUT2D eigenvalue weighted by atomic mass is 9.90. The van der Waals surface area contributed by atoms with Crippen molar-refractivity contribution in [2.24, 2.45) is 0 Å². The summed E-state index contributed by atoms with van der Waals surface area (Å²) in [6.45, 7) is 4.78. The maximum absolute atomic E-state index is 13.1. The molecule has 0 aliphatic heterocycles. The molecule has 1 amide bonds. The summed E-state index contributed by atoms with van der Waals surface area (Å²) in [6, 6.07) is 5.78. The Hall–Kier alpha value is -2.17. The summed E-state index contributed by atoms with van der Waals surface area (Å²) in [5, 5.41) is 4.22.